The van der Waals surface area contributed by atoms with Gasteiger partial charge in [0.25, 0.3) is 0 Å². The van der Waals surface area contributed by atoms with E-state index in [1.165, 1.54) is 50.0 Å². The second-order valence-corrected chi connectivity index (χ2v) is 7.47. The molecule has 0 radical (unpaired) electrons. The molecular formula is C24H26N2O. The first-order chi connectivity index (χ1) is 13.0. The lowest BCUT2D eigenvalue weighted by Crippen LogP contribution is -2.30. The lowest BCUT2D eigenvalue weighted by molar-refractivity contribution is 0.370. The molecule has 0 saturated heterocycles. The largest absolute Gasteiger partial charge is 0.481 e. The fourth-order valence-electron chi connectivity index (χ4n) is 4.31. The molecule has 2 heterocycles. The minimum Gasteiger partial charge on any atom is -0.481 e. The van der Waals surface area contributed by atoms with Crippen LogP contribution in [0, 0.1) is 40.0 Å². The second kappa shape index (κ2) is 6.79. The lowest BCUT2D eigenvalue weighted by Gasteiger charge is -2.25. The van der Waals surface area contributed by atoms with E-state index in [2.05, 4.69) is 56.0 Å². The molecule has 1 aliphatic heterocycles. The molecule has 138 valence electrons. The molecule has 0 amide bonds. The van der Waals surface area contributed by atoms with Crippen LogP contribution < -0.4 is 10.1 Å². The number of terminal acetylenes is 1. The Kier molecular flexibility index (Phi) is 4.45. The van der Waals surface area contributed by atoms with Gasteiger partial charge >= 0.3 is 0 Å². The predicted molar refractivity (Wildman–Crippen MR) is 112 cm³/mol. The van der Waals surface area contributed by atoms with E-state index in [9.17, 15) is 0 Å². The molecule has 1 aromatic heterocycles. The van der Waals surface area contributed by atoms with Gasteiger partial charge < -0.3 is 15.0 Å². The molecule has 27 heavy (non-hydrogen) atoms. The van der Waals surface area contributed by atoms with Crippen LogP contribution in [0.15, 0.2) is 24.3 Å². The van der Waals surface area contributed by atoms with E-state index in [0.717, 1.165) is 18.7 Å². The van der Waals surface area contributed by atoms with Crippen molar-refractivity contribution in [2.24, 2.45) is 0 Å². The van der Waals surface area contributed by atoms with Crippen LogP contribution in [0.5, 0.6) is 5.75 Å². The number of aryl methyl sites for hydroxylation is 2. The number of aromatic nitrogens is 1. The number of rotatable bonds is 3. The van der Waals surface area contributed by atoms with Crippen molar-refractivity contribution in [1.29, 1.82) is 0 Å². The maximum Gasteiger partial charge on any atom is 0.148 e. The minimum atomic E-state index is 0.169. The monoisotopic (exact) mass is 358 g/mol. The van der Waals surface area contributed by atoms with Crippen molar-refractivity contribution in [3.05, 3.63) is 63.3 Å². The van der Waals surface area contributed by atoms with Gasteiger partial charge in [0.05, 0.1) is 6.04 Å². The Morgan fingerprint density at radius 2 is 1.74 bits per heavy atom. The predicted octanol–water partition coefficient (Wildman–Crippen LogP) is 4.65. The topological polar surface area (TPSA) is 37.0 Å². The molecule has 0 fully saturated rings. The molecule has 0 bridgehead atoms. The Morgan fingerprint density at radius 1 is 1.04 bits per heavy atom. The molecule has 0 saturated carbocycles. The van der Waals surface area contributed by atoms with Gasteiger partial charge in [-0.1, -0.05) is 18.1 Å². The zero-order chi connectivity index (χ0) is 19.1. The van der Waals surface area contributed by atoms with Crippen LogP contribution in [0.1, 0.15) is 45.1 Å². The average Bonchev–Trinajstić information content (AvgIpc) is 3.09. The van der Waals surface area contributed by atoms with Gasteiger partial charge in [0, 0.05) is 23.1 Å². The van der Waals surface area contributed by atoms with Crippen molar-refractivity contribution >= 4 is 10.9 Å². The summed E-state index contributed by atoms with van der Waals surface area (Å²) in [6, 6.07) is 8.41. The number of hydrogen-bond donors (Lipinski definition) is 2. The zero-order valence-corrected chi connectivity index (χ0v) is 16.5. The first kappa shape index (κ1) is 17.7. The molecule has 1 unspecified atom stereocenters. The van der Waals surface area contributed by atoms with Crippen LogP contribution in [0.3, 0.4) is 0 Å². The highest BCUT2D eigenvalue weighted by Gasteiger charge is 2.27. The van der Waals surface area contributed by atoms with Crippen LogP contribution >= 0.6 is 0 Å². The molecule has 1 atom stereocenters. The van der Waals surface area contributed by atoms with Crippen LogP contribution in [0.2, 0.25) is 0 Å². The summed E-state index contributed by atoms with van der Waals surface area (Å²) in [4.78, 5) is 3.77. The minimum absolute atomic E-state index is 0.169. The maximum atomic E-state index is 5.51. The molecular weight excluding hydrogens is 332 g/mol. The summed E-state index contributed by atoms with van der Waals surface area (Å²) in [5, 5.41) is 5.10. The van der Waals surface area contributed by atoms with Crippen LogP contribution in [-0.4, -0.2) is 18.1 Å². The third kappa shape index (κ3) is 2.81. The van der Waals surface area contributed by atoms with Crippen molar-refractivity contribution in [2.45, 2.75) is 40.2 Å². The summed E-state index contributed by atoms with van der Waals surface area (Å²) in [5.41, 5.74) is 10.9. The third-order valence-corrected chi connectivity index (χ3v) is 6.12. The summed E-state index contributed by atoms with van der Waals surface area (Å²) in [6.07, 6.45) is 6.32. The summed E-state index contributed by atoms with van der Waals surface area (Å²) in [5.74, 6) is 3.31. The van der Waals surface area contributed by atoms with Crippen molar-refractivity contribution in [3.8, 4) is 18.1 Å². The van der Waals surface area contributed by atoms with E-state index in [-0.39, 0.29) is 6.04 Å². The summed E-state index contributed by atoms with van der Waals surface area (Å²) >= 11 is 0. The Balaban J connectivity index is 1.81. The van der Waals surface area contributed by atoms with Gasteiger partial charge in [-0.05, 0) is 79.6 Å². The number of H-pyrrole nitrogens is 1. The first-order valence-electron chi connectivity index (χ1n) is 9.53. The van der Waals surface area contributed by atoms with Gasteiger partial charge in [0.15, 0.2) is 0 Å². The van der Waals surface area contributed by atoms with Crippen LogP contribution in [0.25, 0.3) is 10.9 Å². The van der Waals surface area contributed by atoms with E-state index in [1.54, 1.807) is 0 Å². The molecule has 0 aliphatic carbocycles. The quantitative estimate of drug-likeness (QED) is 0.669. The van der Waals surface area contributed by atoms with Gasteiger partial charge in [0.1, 0.15) is 12.4 Å². The Morgan fingerprint density at radius 3 is 2.44 bits per heavy atom. The number of ether oxygens (including phenoxy) is 1. The standard InChI is InChI=1S/C24H26N2O/c1-6-13-27-19-9-7-18(8-10-19)23-24-20(11-12-25-23)21-16(4)14(2)15(3)17(5)22(21)26-24/h1,7-10,23,25-26H,11-13H2,2-5H3. The molecule has 2 aromatic carbocycles. The van der Waals surface area contributed by atoms with Gasteiger partial charge in [0.2, 0.25) is 0 Å². The summed E-state index contributed by atoms with van der Waals surface area (Å²) in [7, 11) is 0. The summed E-state index contributed by atoms with van der Waals surface area (Å²) < 4.78 is 5.51. The highest BCUT2D eigenvalue weighted by Crippen LogP contribution is 2.38. The Hall–Kier alpha value is -2.70. The van der Waals surface area contributed by atoms with Gasteiger partial charge in [-0.2, -0.15) is 0 Å². The molecule has 3 nitrogen and oxygen atoms in total. The first-order valence-corrected chi connectivity index (χ1v) is 9.53. The fraction of sp³-hybridized carbons (Fsp3) is 0.333. The molecule has 0 spiro atoms. The number of nitrogens with one attached hydrogen (secondary N) is 2. The summed E-state index contributed by atoms with van der Waals surface area (Å²) in [6.45, 7) is 10.2. The normalized spacial score (nSPS) is 16.2. The number of fused-ring (bicyclic) bond motifs is 3. The van der Waals surface area contributed by atoms with E-state index < -0.39 is 0 Å². The molecule has 3 heteroatoms. The second-order valence-electron chi connectivity index (χ2n) is 7.47. The van der Waals surface area contributed by atoms with Crippen molar-refractivity contribution in [1.82, 2.24) is 10.3 Å². The average molecular weight is 358 g/mol. The number of hydrogen-bond acceptors (Lipinski definition) is 2. The van der Waals surface area contributed by atoms with E-state index in [1.807, 2.05) is 12.1 Å². The van der Waals surface area contributed by atoms with Crippen LogP contribution in [0.4, 0.5) is 0 Å². The van der Waals surface area contributed by atoms with E-state index in [0.29, 0.717) is 6.61 Å². The Bertz CT molecular complexity index is 1050. The highest BCUT2D eigenvalue weighted by molar-refractivity contribution is 5.92. The van der Waals surface area contributed by atoms with E-state index >= 15 is 0 Å². The smallest absolute Gasteiger partial charge is 0.148 e. The SMILES string of the molecule is C#CCOc1ccc(C2NCCc3c2[nH]c2c(C)c(C)c(C)c(C)c32)cc1. The van der Waals surface area contributed by atoms with Crippen molar-refractivity contribution in [2.75, 3.05) is 13.2 Å². The zero-order valence-electron chi connectivity index (χ0n) is 16.5. The number of benzene rings is 2. The van der Waals surface area contributed by atoms with Crippen LogP contribution in [-0.2, 0) is 6.42 Å². The molecule has 2 N–H and O–H groups in total. The Labute approximate surface area is 161 Å². The fourth-order valence-corrected chi connectivity index (χ4v) is 4.31. The molecule has 4 rings (SSSR count). The van der Waals surface area contributed by atoms with Gasteiger partial charge in [-0.25, -0.2) is 0 Å². The van der Waals surface area contributed by atoms with Crippen molar-refractivity contribution in [3.63, 3.8) is 0 Å². The molecule has 1 aliphatic rings. The van der Waals surface area contributed by atoms with Crippen molar-refractivity contribution < 1.29 is 4.74 Å². The van der Waals surface area contributed by atoms with E-state index in [4.69, 9.17) is 11.2 Å². The number of aromatic amines is 1. The van der Waals surface area contributed by atoms with Gasteiger partial charge in [-0.15, -0.1) is 6.42 Å². The highest BCUT2D eigenvalue weighted by atomic mass is 16.5. The van der Waals surface area contributed by atoms with Gasteiger partial charge in [-0.3, -0.25) is 0 Å². The third-order valence-electron chi connectivity index (χ3n) is 6.12. The lowest BCUT2D eigenvalue weighted by atomic mass is 9.90. The maximum absolute atomic E-state index is 5.51. The molecule has 3 aromatic rings.